The molecule has 0 saturated heterocycles. The number of alkyl halides is 3. The van der Waals surface area contributed by atoms with E-state index in [1.54, 1.807) is 0 Å². The van der Waals surface area contributed by atoms with E-state index in [0.717, 1.165) is 6.07 Å². The molecule has 1 aromatic carbocycles. The molecule has 102 valence electrons. The SMILES string of the molecule is C#CCNC(C(=O)O)c1cc(F)cc(C(F)(F)F)c1. The molecule has 0 aliphatic rings. The molecular weight excluding hydrogens is 266 g/mol. The van der Waals surface area contributed by atoms with Gasteiger partial charge in [0.2, 0.25) is 0 Å². The molecule has 0 fully saturated rings. The van der Waals surface area contributed by atoms with E-state index >= 15 is 0 Å². The maximum Gasteiger partial charge on any atom is 0.416 e. The van der Waals surface area contributed by atoms with Gasteiger partial charge in [-0.25, -0.2) is 4.39 Å². The zero-order valence-electron chi connectivity index (χ0n) is 9.46. The van der Waals surface area contributed by atoms with E-state index in [0.29, 0.717) is 12.1 Å². The Bertz CT molecular complexity index is 519. The average molecular weight is 275 g/mol. The molecule has 2 N–H and O–H groups in total. The molecule has 19 heavy (non-hydrogen) atoms. The fourth-order valence-electron chi connectivity index (χ4n) is 1.45. The molecule has 0 aromatic heterocycles. The van der Waals surface area contributed by atoms with Gasteiger partial charge in [0.15, 0.2) is 0 Å². The second-order valence-electron chi connectivity index (χ2n) is 3.63. The van der Waals surface area contributed by atoms with E-state index < -0.39 is 29.6 Å². The van der Waals surface area contributed by atoms with E-state index in [9.17, 15) is 22.4 Å². The maximum absolute atomic E-state index is 13.1. The Balaban J connectivity index is 3.21. The molecule has 0 heterocycles. The van der Waals surface area contributed by atoms with Crippen LogP contribution >= 0.6 is 0 Å². The summed E-state index contributed by atoms with van der Waals surface area (Å²) >= 11 is 0. The number of carbonyl (C=O) groups is 1. The Morgan fingerprint density at radius 1 is 1.42 bits per heavy atom. The number of nitrogens with one attached hydrogen (secondary N) is 1. The summed E-state index contributed by atoms with van der Waals surface area (Å²) in [7, 11) is 0. The van der Waals surface area contributed by atoms with Gasteiger partial charge in [-0.05, 0) is 23.8 Å². The first-order valence-electron chi connectivity index (χ1n) is 5.03. The Morgan fingerprint density at radius 3 is 2.53 bits per heavy atom. The largest absolute Gasteiger partial charge is 0.480 e. The number of carboxylic acids is 1. The van der Waals surface area contributed by atoms with Crippen molar-refractivity contribution in [3.8, 4) is 12.3 Å². The Labute approximate surface area is 106 Å². The smallest absolute Gasteiger partial charge is 0.416 e. The van der Waals surface area contributed by atoms with Gasteiger partial charge in [-0.15, -0.1) is 6.42 Å². The number of carboxylic acid groups (broad SMARTS) is 1. The highest BCUT2D eigenvalue weighted by Crippen LogP contribution is 2.31. The molecule has 0 radical (unpaired) electrons. The van der Waals surface area contributed by atoms with Gasteiger partial charge < -0.3 is 5.11 Å². The first-order valence-corrected chi connectivity index (χ1v) is 5.03. The van der Waals surface area contributed by atoms with Gasteiger partial charge in [0.05, 0.1) is 12.1 Å². The summed E-state index contributed by atoms with van der Waals surface area (Å²) in [5.41, 5.74) is -1.61. The van der Waals surface area contributed by atoms with E-state index in [1.165, 1.54) is 0 Å². The topological polar surface area (TPSA) is 49.3 Å². The van der Waals surface area contributed by atoms with Crippen molar-refractivity contribution >= 4 is 5.97 Å². The van der Waals surface area contributed by atoms with Crippen LogP contribution in [0.5, 0.6) is 0 Å². The number of hydrogen-bond donors (Lipinski definition) is 2. The fraction of sp³-hybridized carbons (Fsp3) is 0.250. The zero-order chi connectivity index (χ0) is 14.6. The summed E-state index contributed by atoms with van der Waals surface area (Å²) in [4.78, 5) is 10.9. The first-order chi connectivity index (χ1) is 8.75. The zero-order valence-corrected chi connectivity index (χ0v) is 9.46. The van der Waals surface area contributed by atoms with Crippen molar-refractivity contribution in [3.63, 3.8) is 0 Å². The van der Waals surface area contributed by atoms with Crippen LogP contribution in [0.3, 0.4) is 0 Å². The highest BCUT2D eigenvalue weighted by Gasteiger charge is 2.32. The lowest BCUT2D eigenvalue weighted by atomic mass is 10.0. The molecular formula is C12H9F4NO2. The third kappa shape index (κ3) is 3.96. The number of halogens is 4. The van der Waals surface area contributed by atoms with Crippen molar-refractivity contribution in [1.29, 1.82) is 0 Å². The van der Waals surface area contributed by atoms with Crippen molar-refractivity contribution in [2.24, 2.45) is 0 Å². The third-order valence-corrected chi connectivity index (χ3v) is 2.24. The Hall–Kier alpha value is -2.07. The summed E-state index contributed by atoms with van der Waals surface area (Å²) in [6.45, 7) is -0.172. The standard InChI is InChI=1S/C12H9F4NO2/c1-2-3-17-10(11(18)19)7-4-8(12(14,15)16)6-9(13)5-7/h1,4-6,10,17H,3H2,(H,18,19). The van der Waals surface area contributed by atoms with Crippen LogP contribution in [0.2, 0.25) is 0 Å². The molecule has 0 saturated carbocycles. The van der Waals surface area contributed by atoms with Crippen molar-refractivity contribution in [3.05, 3.63) is 35.1 Å². The average Bonchev–Trinajstić information content (AvgIpc) is 2.27. The predicted octanol–water partition coefficient (Wildman–Crippen LogP) is 2.19. The lowest BCUT2D eigenvalue weighted by Crippen LogP contribution is -2.29. The fourth-order valence-corrected chi connectivity index (χ4v) is 1.45. The second-order valence-corrected chi connectivity index (χ2v) is 3.63. The van der Waals surface area contributed by atoms with Crippen LogP contribution in [0.1, 0.15) is 17.2 Å². The van der Waals surface area contributed by atoms with Crippen LogP contribution in [0, 0.1) is 18.2 Å². The van der Waals surface area contributed by atoms with Crippen LogP contribution in [0.4, 0.5) is 17.6 Å². The molecule has 0 aliphatic carbocycles. The molecule has 3 nitrogen and oxygen atoms in total. The Kier molecular flexibility index (Phi) is 4.51. The van der Waals surface area contributed by atoms with Gasteiger partial charge in [-0.2, -0.15) is 13.2 Å². The van der Waals surface area contributed by atoms with Gasteiger partial charge in [-0.3, -0.25) is 10.1 Å². The second kappa shape index (κ2) is 5.71. The lowest BCUT2D eigenvalue weighted by Gasteiger charge is -2.15. The number of aliphatic carboxylic acids is 1. The van der Waals surface area contributed by atoms with E-state index in [2.05, 4.69) is 11.2 Å². The number of benzene rings is 1. The van der Waals surface area contributed by atoms with Gasteiger partial charge in [-0.1, -0.05) is 5.92 Å². The minimum absolute atomic E-state index is 0.172. The van der Waals surface area contributed by atoms with Crippen molar-refractivity contribution < 1.29 is 27.5 Å². The van der Waals surface area contributed by atoms with Crippen molar-refractivity contribution in [2.45, 2.75) is 12.2 Å². The predicted molar refractivity (Wildman–Crippen MR) is 58.6 cm³/mol. The highest BCUT2D eigenvalue weighted by molar-refractivity contribution is 5.75. The van der Waals surface area contributed by atoms with Crippen molar-refractivity contribution in [1.82, 2.24) is 5.32 Å². The molecule has 0 amide bonds. The minimum atomic E-state index is -4.76. The lowest BCUT2D eigenvalue weighted by molar-refractivity contribution is -0.140. The molecule has 0 spiro atoms. The van der Waals surface area contributed by atoms with Crippen LogP contribution in [0.15, 0.2) is 18.2 Å². The summed E-state index contributed by atoms with van der Waals surface area (Å²) in [5, 5.41) is 11.2. The first kappa shape index (κ1) is 15.0. The number of hydrogen-bond acceptors (Lipinski definition) is 2. The van der Waals surface area contributed by atoms with Crippen LogP contribution in [0.25, 0.3) is 0 Å². The Morgan fingerprint density at radius 2 is 2.05 bits per heavy atom. The van der Waals surface area contributed by atoms with Crippen LogP contribution in [-0.2, 0) is 11.0 Å². The van der Waals surface area contributed by atoms with E-state index in [1.807, 2.05) is 0 Å². The van der Waals surface area contributed by atoms with E-state index in [4.69, 9.17) is 11.5 Å². The quantitative estimate of drug-likeness (QED) is 0.654. The maximum atomic E-state index is 13.1. The highest BCUT2D eigenvalue weighted by atomic mass is 19.4. The normalized spacial score (nSPS) is 12.8. The monoisotopic (exact) mass is 275 g/mol. The van der Waals surface area contributed by atoms with Crippen LogP contribution in [-0.4, -0.2) is 17.6 Å². The molecule has 0 bridgehead atoms. The summed E-state index contributed by atoms with van der Waals surface area (Å²) in [5.74, 6) is -0.526. The summed E-state index contributed by atoms with van der Waals surface area (Å²) in [6.07, 6.45) is 0.167. The number of terminal acetylenes is 1. The summed E-state index contributed by atoms with van der Waals surface area (Å²) < 4.78 is 50.6. The molecule has 7 heteroatoms. The van der Waals surface area contributed by atoms with Gasteiger partial charge in [0, 0.05) is 0 Å². The molecule has 1 unspecified atom stereocenters. The van der Waals surface area contributed by atoms with Gasteiger partial charge in [0.1, 0.15) is 11.9 Å². The third-order valence-electron chi connectivity index (χ3n) is 2.24. The summed E-state index contributed by atoms with van der Waals surface area (Å²) in [6, 6.07) is 0.0832. The molecule has 0 aliphatic heterocycles. The molecule has 1 rings (SSSR count). The molecule has 1 aromatic rings. The number of rotatable bonds is 4. The van der Waals surface area contributed by atoms with Crippen molar-refractivity contribution in [2.75, 3.05) is 6.54 Å². The minimum Gasteiger partial charge on any atom is -0.480 e. The van der Waals surface area contributed by atoms with Gasteiger partial charge >= 0.3 is 12.1 Å². The molecule has 1 atom stereocenters. The van der Waals surface area contributed by atoms with Gasteiger partial charge in [0.25, 0.3) is 0 Å². The van der Waals surface area contributed by atoms with E-state index in [-0.39, 0.29) is 12.1 Å². The van der Waals surface area contributed by atoms with Crippen LogP contribution < -0.4 is 5.32 Å².